The third-order valence-electron chi connectivity index (χ3n) is 5.84. The summed E-state index contributed by atoms with van der Waals surface area (Å²) in [5.41, 5.74) is 0.521. The average Bonchev–Trinajstić information content (AvgIpc) is 3.29. The van der Waals surface area contributed by atoms with Gasteiger partial charge in [0.05, 0.1) is 24.0 Å². The van der Waals surface area contributed by atoms with Crippen LogP contribution in [0.25, 0.3) is 0 Å². The second-order valence-electron chi connectivity index (χ2n) is 7.67. The highest BCUT2D eigenvalue weighted by Gasteiger charge is 2.37. The molecule has 0 spiro atoms. The Morgan fingerprint density at radius 3 is 2.46 bits per heavy atom. The summed E-state index contributed by atoms with van der Waals surface area (Å²) in [6, 6.07) is 3.70. The smallest absolute Gasteiger partial charge is 0.255 e. The maximum atomic E-state index is 13.0. The van der Waals surface area contributed by atoms with E-state index in [0.29, 0.717) is 51.3 Å². The summed E-state index contributed by atoms with van der Waals surface area (Å²) >= 11 is 0. The van der Waals surface area contributed by atoms with Gasteiger partial charge in [-0.05, 0) is 37.8 Å². The SMILES string of the molecule is O=C(c1ccc(N2CCCC2)nc1)N1CCCC(S(=O)(=O)N2CCOCC2)C1. The standard InChI is InChI=1S/C19H28N4O4S/c24-19(16-5-6-18(20-14-16)21-7-1-2-8-21)22-9-3-4-17(15-22)28(25,26)23-10-12-27-13-11-23/h5-6,14,17H,1-4,7-13,15H2. The maximum absolute atomic E-state index is 13.0. The molecule has 0 aliphatic carbocycles. The molecular formula is C19H28N4O4S. The minimum Gasteiger partial charge on any atom is -0.379 e. The molecule has 0 aromatic carbocycles. The van der Waals surface area contributed by atoms with Gasteiger partial charge in [0.2, 0.25) is 10.0 Å². The van der Waals surface area contributed by atoms with Gasteiger partial charge in [-0.15, -0.1) is 0 Å². The first kappa shape index (κ1) is 19.6. The summed E-state index contributed by atoms with van der Waals surface area (Å²) in [4.78, 5) is 21.3. The van der Waals surface area contributed by atoms with E-state index in [1.165, 1.54) is 17.1 Å². The molecule has 0 bridgehead atoms. The van der Waals surface area contributed by atoms with Crippen LogP contribution in [0.3, 0.4) is 0 Å². The van der Waals surface area contributed by atoms with E-state index in [0.717, 1.165) is 18.9 Å². The molecule has 0 N–H and O–H groups in total. The number of rotatable bonds is 4. The van der Waals surface area contributed by atoms with Crippen molar-refractivity contribution in [2.75, 3.05) is 57.4 Å². The third-order valence-corrected chi connectivity index (χ3v) is 8.15. The quantitative estimate of drug-likeness (QED) is 0.738. The zero-order chi connectivity index (χ0) is 19.6. The van der Waals surface area contributed by atoms with Crippen LogP contribution < -0.4 is 4.90 Å². The molecule has 1 unspecified atom stereocenters. The summed E-state index contributed by atoms with van der Waals surface area (Å²) in [6.45, 7) is 4.51. The lowest BCUT2D eigenvalue weighted by Gasteiger charge is -2.36. The van der Waals surface area contributed by atoms with Crippen LogP contribution in [0.2, 0.25) is 0 Å². The molecule has 1 atom stereocenters. The summed E-state index contributed by atoms with van der Waals surface area (Å²) in [6.07, 6.45) is 5.26. The Balaban J connectivity index is 1.43. The largest absolute Gasteiger partial charge is 0.379 e. The Morgan fingerprint density at radius 1 is 1.04 bits per heavy atom. The van der Waals surface area contributed by atoms with Gasteiger partial charge in [0.15, 0.2) is 0 Å². The van der Waals surface area contributed by atoms with Gasteiger partial charge >= 0.3 is 0 Å². The normalized spacial score (nSPS) is 24.5. The van der Waals surface area contributed by atoms with Crippen LogP contribution in [-0.2, 0) is 14.8 Å². The van der Waals surface area contributed by atoms with Crippen LogP contribution in [-0.4, -0.2) is 86.2 Å². The lowest BCUT2D eigenvalue weighted by Crippen LogP contribution is -2.51. The van der Waals surface area contributed by atoms with Crippen LogP contribution in [0.4, 0.5) is 5.82 Å². The van der Waals surface area contributed by atoms with E-state index in [9.17, 15) is 13.2 Å². The zero-order valence-electron chi connectivity index (χ0n) is 16.1. The monoisotopic (exact) mass is 408 g/mol. The van der Waals surface area contributed by atoms with Gasteiger partial charge in [0, 0.05) is 45.5 Å². The first-order valence-corrected chi connectivity index (χ1v) is 11.6. The number of pyridine rings is 1. The average molecular weight is 409 g/mol. The molecule has 3 aliphatic heterocycles. The molecule has 0 radical (unpaired) electrons. The number of nitrogens with zero attached hydrogens (tertiary/aromatic N) is 4. The number of amides is 1. The van der Waals surface area contributed by atoms with Gasteiger partial charge in [-0.1, -0.05) is 0 Å². The van der Waals surface area contributed by atoms with E-state index >= 15 is 0 Å². The number of morpholine rings is 1. The van der Waals surface area contributed by atoms with Crippen molar-refractivity contribution >= 4 is 21.7 Å². The van der Waals surface area contributed by atoms with Gasteiger partial charge in [-0.25, -0.2) is 13.4 Å². The minimum atomic E-state index is -3.41. The Kier molecular flexibility index (Phi) is 5.84. The molecule has 9 heteroatoms. The van der Waals surface area contributed by atoms with Gasteiger partial charge < -0.3 is 14.5 Å². The number of carbonyl (C=O) groups is 1. The molecule has 3 fully saturated rings. The highest BCUT2D eigenvalue weighted by atomic mass is 32.2. The number of anilines is 1. The highest BCUT2D eigenvalue weighted by Crippen LogP contribution is 2.23. The summed E-state index contributed by atoms with van der Waals surface area (Å²) in [5, 5.41) is -0.542. The summed E-state index contributed by atoms with van der Waals surface area (Å²) in [7, 11) is -3.41. The molecule has 4 heterocycles. The predicted molar refractivity (Wildman–Crippen MR) is 106 cm³/mol. The minimum absolute atomic E-state index is 0.137. The Bertz CT molecular complexity index is 787. The molecule has 3 aliphatic rings. The zero-order valence-corrected chi connectivity index (χ0v) is 16.9. The van der Waals surface area contributed by atoms with Crippen molar-refractivity contribution < 1.29 is 17.9 Å². The number of sulfonamides is 1. The second kappa shape index (κ2) is 8.34. The van der Waals surface area contributed by atoms with Gasteiger partial charge in [0.1, 0.15) is 5.82 Å². The molecule has 4 rings (SSSR count). The van der Waals surface area contributed by atoms with Crippen LogP contribution in [0.15, 0.2) is 18.3 Å². The van der Waals surface area contributed by atoms with Crippen molar-refractivity contribution in [2.45, 2.75) is 30.9 Å². The fourth-order valence-corrected chi connectivity index (χ4v) is 6.12. The lowest BCUT2D eigenvalue weighted by molar-refractivity contribution is 0.0685. The van der Waals surface area contributed by atoms with E-state index in [2.05, 4.69) is 9.88 Å². The summed E-state index contributed by atoms with van der Waals surface area (Å²) < 4.78 is 32.7. The maximum Gasteiger partial charge on any atom is 0.255 e. The molecular weight excluding hydrogens is 380 g/mol. The number of likely N-dealkylation sites (tertiary alicyclic amines) is 1. The second-order valence-corrected chi connectivity index (χ2v) is 9.88. The molecule has 0 saturated carbocycles. The highest BCUT2D eigenvalue weighted by molar-refractivity contribution is 7.89. The van der Waals surface area contributed by atoms with Crippen LogP contribution in [0.5, 0.6) is 0 Å². The molecule has 8 nitrogen and oxygen atoms in total. The van der Waals surface area contributed by atoms with Crippen molar-refractivity contribution in [3.05, 3.63) is 23.9 Å². The van der Waals surface area contributed by atoms with Gasteiger partial charge in [0.25, 0.3) is 5.91 Å². The molecule has 154 valence electrons. The fraction of sp³-hybridized carbons (Fsp3) is 0.684. The van der Waals surface area contributed by atoms with Crippen molar-refractivity contribution in [3.8, 4) is 0 Å². The molecule has 28 heavy (non-hydrogen) atoms. The van der Waals surface area contributed by atoms with E-state index in [1.54, 1.807) is 11.1 Å². The van der Waals surface area contributed by atoms with E-state index < -0.39 is 15.3 Å². The Morgan fingerprint density at radius 2 is 1.79 bits per heavy atom. The first-order chi connectivity index (χ1) is 13.6. The van der Waals surface area contributed by atoms with Crippen molar-refractivity contribution in [3.63, 3.8) is 0 Å². The van der Waals surface area contributed by atoms with Gasteiger partial charge in [-0.2, -0.15) is 4.31 Å². The topological polar surface area (TPSA) is 83.1 Å². The number of carbonyl (C=O) groups excluding carboxylic acids is 1. The number of ether oxygens (including phenoxy) is 1. The number of hydrogen-bond donors (Lipinski definition) is 0. The molecule has 1 aromatic rings. The van der Waals surface area contributed by atoms with Crippen LogP contribution in [0.1, 0.15) is 36.0 Å². The van der Waals surface area contributed by atoms with Gasteiger partial charge in [-0.3, -0.25) is 4.79 Å². The number of piperidine rings is 1. The van der Waals surface area contributed by atoms with Crippen LogP contribution >= 0.6 is 0 Å². The third kappa shape index (κ3) is 4.01. The Hall–Kier alpha value is -1.71. The van der Waals surface area contributed by atoms with E-state index in [-0.39, 0.29) is 12.5 Å². The van der Waals surface area contributed by atoms with Crippen LogP contribution in [0, 0.1) is 0 Å². The first-order valence-electron chi connectivity index (χ1n) is 10.1. The van der Waals surface area contributed by atoms with Crippen molar-refractivity contribution in [1.82, 2.24) is 14.2 Å². The van der Waals surface area contributed by atoms with Crippen molar-refractivity contribution in [2.24, 2.45) is 0 Å². The molecule has 1 aromatic heterocycles. The Labute approximate surface area is 166 Å². The van der Waals surface area contributed by atoms with Crippen molar-refractivity contribution in [1.29, 1.82) is 0 Å². The van der Waals surface area contributed by atoms with E-state index in [1.807, 2.05) is 12.1 Å². The molecule has 3 saturated heterocycles. The fourth-order valence-electron chi connectivity index (χ4n) is 4.21. The summed E-state index contributed by atoms with van der Waals surface area (Å²) in [5.74, 6) is 0.766. The lowest BCUT2D eigenvalue weighted by atomic mass is 10.1. The molecule has 1 amide bonds. The number of aromatic nitrogens is 1. The van der Waals surface area contributed by atoms with E-state index in [4.69, 9.17) is 4.74 Å². The number of hydrogen-bond acceptors (Lipinski definition) is 6. The predicted octanol–water partition coefficient (Wildman–Crippen LogP) is 0.948.